The van der Waals surface area contributed by atoms with Crippen molar-refractivity contribution in [2.75, 3.05) is 0 Å². The number of hydrogen-bond acceptors (Lipinski definition) is 0. The van der Waals surface area contributed by atoms with Crippen molar-refractivity contribution in [1.82, 2.24) is 0 Å². The summed E-state index contributed by atoms with van der Waals surface area (Å²) in [6.45, 7) is 0.868. The van der Waals surface area contributed by atoms with Crippen LogP contribution in [-0.2, 0) is 6.54 Å². The van der Waals surface area contributed by atoms with E-state index >= 15 is 35.1 Å². The van der Waals surface area contributed by atoms with Gasteiger partial charge in [-0.2, -0.15) is 0 Å². The van der Waals surface area contributed by atoms with Crippen LogP contribution in [0.5, 0.6) is 0 Å². The first-order valence-electron chi connectivity index (χ1n) is 19.6. The van der Waals surface area contributed by atoms with Crippen LogP contribution in [0.4, 0.5) is 87.8 Å². The van der Waals surface area contributed by atoms with Gasteiger partial charge in [0.2, 0.25) is 0 Å². The minimum absolute atomic E-state index is 0.868. The summed E-state index contributed by atoms with van der Waals surface area (Å²) in [6, 6.07) is 30.4. The molecule has 0 spiro atoms. The van der Waals surface area contributed by atoms with Crippen LogP contribution in [0.2, 0.25) is 0 Å². The summed E-state index contributed by atoms with van der Waals surface area (Å²) in [6.07, 6.45) is -2.80. The normalized spacial score (nSPS) is 11.8. The van der Waals surface area contributed by atoms with E-state index < -0.39 is 144 Å². The largest absolute Gasteiger partial charge is 0.207 e. The summed E-state index contributed by atoms with van der Waals surface area (Å²) in [5, 5.41) is 7.83. The van der Waals surface area contributed by atoms with Crippen LogP contribution in [-0.4, -0.2) is 6.15 Å². The van der Waals surface area contributed by atoms with Crippen LogP contribution >= 0.6 is 0 Å². The maximum atomic E-state index is 15.4. The molecule has 1 nitrogen and oxygen atoms in total. The number of benzene rings is 8. The number of rotatable bonds is 6. The van der Waals surface area contributed by atoms with Gasteiger partial charge in [-0.25, -0.2) is 92.4 Å². The predicted molar refractivity (Wildman–Crippen MR) is 214 cm³/mol. The first-order valence-corrected chi connectivity index (χ1v) is 19.6. The van der Waals surface area contributed by atoms with Gasteiger partial charge in [0, 0.05) is 17.0 Å². The molecule has 0 saturated carbocycles. The second kappa shape index (κ2) is 18.0. The molecule has 0 N–H and O–H groups in total. The van der Waals surface area contributed by atoms with E-state index in [1.807, 2.05) is 0 Å². The van der Waals surface area contributed by atoms with Gasteiger partial charge >= 0.3 is 0 Å². The Morgan fingerprint density at radius 2 is 0.543 bits per heavy atom. The van der Waals surface area contributed by atoms with E-state index in [1.165, 1.54) is 37.9 Å². The number of pyridine rings is 1. The smallest absolute Gasteiger partial charge is 0.200 e. The molecule has 0 amide bonds. The van der Waals surface area contributed by atoms with Gasteiger partial charge in [-0.3, -0.25) is 0 Å². The third kappa shape index (κ3) is 7.33. The third-order valence-corrected chi connectivity index (χ3v) is 11.7. The van der Waals surface area contributed by atoms with Crippen LogP contribution in [0.25, 0.3) is 32.3 Å². The van der Waals surface area contributed by atoms with Gasteiger partial charge in [0.25, 0.3) is 0 Å². The van der Waals surface area contributed by atoms with Crippen LogP contribution in [0.15, 0.2) is 97.3 Å². The van der Waals surface area contributed by atoms with Crippen molar-refractivity contribution in [2.45, 2.75) is 6.54 Å². The van der Waals surface area contributed by atoms with Gasteiger partial charge in [-0.15, -0.1) is 21.9 Å². The number of nitrogens with zero attached hydrogens (tertiary/aromatic N) is 1. The molecule has 9 aromatic rings. The summed E-state index contributed by atoms with van der Waals surface area (Å²) < 4.78 is 296. The predicted octanol–water partition coefficient (Wildman–Crippen LogP) is 11.3. The molecule has 1 heterocycles. The molecule has 0 unspecified atom stereocenters. The first-order chi connectivity index (χ1) is 33.1. The molecular weight excluding hydrogens is 981 g/mol. The lowest BCUT2D eigenvalue weighted by atomic mass is 9.12. The fourth-order valence-corrected chi connectivity index (χ4v) is 8.61. The van der Waals surface area contributed by atoms with Crippen molar-refractivity contribution in [1.29, 1.82) is 0 Å². The Kier molecular flexibility index (Phi) is 12.6. The highest BCUT2D eigenvalue weighted by Gasteiger charge is 2.52. The van der Waals surface area contributed by atoms with E-state index in [0.29, 0.717) is 0 Å². The average molecular weight is 999 g/mol. The molecule has 0 aliphatic carbocycles. The molecule has 358 valence electrons. The molecule has 9 rings (SSSR count). The standard InChI is InChI=1S/C24BF20.C24H18N/c26-5-1(6(27)14(35)21(42)13(5)34)25(2-7(28)15(36)22(43)16(37)8(2)29,3-9(30)17(38)23(44)18(39)10(3)31)4-11(32)19(40)24(45)20(41)12(4)33;1-2-10-21-16-25(14-13-18(21)7-1)17-24-22-11-5-3-8-19(22)15-20-9-4-6-12-23(20)24/h;1-16H,17H2/q-1;+1. The fraction of sp³-hybridized carbons (Fsp3) is 0.0208. The lowest BCUT2D eigenvalue weighted by Gasteiger charge is -2.44. The van der Waals surface area contributed by atoms with Gasteiger partial charge in [-0.1, -0.05) is 66.7 Å². The Hall–Kier alpha value is -7.65. The van der Waals surface area contributed by atoms with E-state index in [9.17, 15) is 52.7 Å². The van der Waals surface area contributed by atoms with Gasteiger partial charge in [-0.05, 0) is 39.1 Å². The molecule has 0 radical (unpaired) electrons. The molecule has 0 aliphatic rings. The van der Waals surface area contributed by atoms with Crippen molar-refractivity contribution in [3.63, 3.8) is 0 Å². The summed E-state index contributed by atoms with van der Waals surface area (Å²) in [7, 11) is 0. The lowest BCUT2D eigenvalue weighted by Crippen LogP contribution is -2.81. The van der Waals surface area contributed by atoms with Crippen LogP contribution in [0.1, 0.15) is 5.56 Å². The molecule has 0 aliphatic heterocycles. The van der Waals surface area contributed by atoms with Crippen LogP contribution < -0.4 is 26.4 Å². The topological polar surface area (TPSA) is 3.88 Å². The van der Waals surface area contributed by atoms with Crippen LogP contribution in [0, 0.1) is 116 Å². The first kappa shape index (κ1) is 48.8. The van der Waals surface area contributed by atoms with E-state index in [-0.39, 0.29) is 0 Å². The van der Waals surface area contributed by atoms with Crippen molar-refractivity contribution in [3.05, 3.63) is 219 Å². The Bertz CT molecular complexity index is 3220. The van der Waals surface area contributed by atoms with E-state index in [4.69, 9.17) is 0 Å². The maximum absolute atomic E-state index is 15.4. The summed E-state index contributed by atoms with van der Waals surface area (Å²) >= 11 is 0. The second-order valence-electron chi connectivity index (χ2n) is 15.3. The van der Waals surface area contributed by atoms with Crippen molar-refractivity contribution < 1.29 is 92.4 Å². The third-order valence-electron chi connectivity index (χ3n) is 11.7. The van der Waals surface area contributed by atoms with E-state index in [0.717, 1.165) is 6.54 Å². The maximum Gasteiger partial charge on any atom is 0.200 e. The van der Waals surface area contributed by atoms with E-state index in [1.54, 1.807) is 0 Å². The molecule has 0 saturated heterocycles. The molecule has 0 fully saturated rings. The summed E-state index contributed by atoms with van der Waals surface area (Å²) in [5.74, 6) is -71.4. The van der Waals surface area contributed by atoms with Gasteiger partial charge in [0.15, 0.2) is 88.7 Å². The number of halogens is 20. The Labute approximate surface area is 378 Å². The highest BCUT2D eigenvalue weighted by atomic mass is 19.2. The van der Waals surface area contributed by atoms with Crippen molar-refractivity contribution in [2.24, 2.45) is 0 Å². The molecular formula is C48H18BF20N. The number of aromatic nitrogens is 1. The highest BCUT2D eigenvalue weighted by molar-refractivity contribution is 7.20. The van der Waals surface area contributed by atoms with Crippen molar-refractivity contribution >= 4 is 60.3 Å². The molecule has 22 heteroatoms. The second-order valence-corrected chi connectivity index (χ2v) is 15.3. The van der Waals surface area contributed by atoms with Gasteiger partial charge < -0.3 is 0 Å². The SMILES string of the molecule is Fc1c(F)c(F)c([B-](c2c(F)c(F)c(F)c(F)c2F)(c2c(F)c(F)c(F)c(F)c2F)c2c(F)c(F)c(F)c(F)c2F)c(F)c1F.c1ccc2c[n+](Cc3c4ccccc4cc4ccccc34)ccc2c1. The monoisotopic (exact) mass is 999 g/mol. The lowest BCUT2D eigenvalue weighted by molar-refractivity contribution is -0.686. The Morgan fingerprint density at radius 1 is 0.286 bits per heavy atom. The van der Waals surface area contributed by atoms with Gasteiger partial charge in [0.1, 0.15) is 52.7 Å². The molecule has 1 aromatic heterocycles. The quantitative estimate of drug-likeness (QED) is 0.0390. The van der Waals surface area contributed by atoms with Crippen LogP contribution in [0.3, 0.4) is 0 Å². The fourth-order valence-electron chi connectivity index (χ4n) is 8.61. The Morgan fingerprint density at radius 3 is 0.857 bits per heavy atom. The molecule has 0 bridgehead atoms. The summed E-state index contributed by atoms with van der Waals surface area (Å²) in [4.78, 5) is 0. The van der Waals surface area contributed by atoms with Gasteiger partial charge in [0.05, 0.1) is 0 Å². The highest BCUT2D eigenvalue weighted by Crippen LogP contribution is 2.32. The zero-order valence-corrected chi connectivity index (χ0v) is 34.0. The zero-order chi connectivity index (χ0) is 51.0. The minimum atomic E-state index is -7.22. The zero-order valence-electron chi connectivity index (χ0n) is 34.0. The summed E-state index contributed by atoms with van der Waals surface area (Å²) in [5.41, 5.74) is -12.9. The number of fused-ring (bicyclic) bond motifs is 3. The molecule has 70 heavy (non-hydrogen) atoms. The van der Waals surface area contributed by atoms with E-state index in [2.05, 4.69) is 102 Å². The molecule has 0 atom stereocenters. The Balaban J connectivity index is 0.000000219. The minimum Gasteiger partial charge on any atom is -0.207 e. The number of hydrogen-bond donors (Lipinski definition) is 0. The molecule has 8 aromatic carbocycles. The van der Waals surface area contributed by atoms with Crippen molar-refractivity contribution in [3.8, 4) is 0 Å². The average Bonchev–Trinajstić information content (AvgIpc) is 3.36.